The van der Waals surface area contributed by atoms with Gasteiger partial charge in [0.2, 0.25) is 0 Å². The first-order valence-electron chi connectivity index (χ1n) is 8.97. The second-order valence-electron chi connectivity index (χ2n) is 7.31. The lowest BCUT2D eigenvalue weighted by Gasteiger charge is -2.29. The molecule has 0 saturated heterocycles. The van der Waals surface area contributed by atoms with Crippen molar-refractivity contribution in [1.29, 1.82) is 0 Å². The average molecular weight is 447 g/mol. The van der Waals surface area contributed by atoms with Crippen molar-refractivity contribution in [3.63, 3.8) is 0 Å². The second-order valence-corrected chi connectivity index (χ2v) is 7.72. The SMILES string of the molecule is CN(C)[C@@H]1c2ccccc2C[C@H]1NC(=S)Nc1cc(C(F)(F)F)cc(C(F)(F)F)c1. The molecule has 162 valence electrons. The molecular weight excluding hydrogens is 428 g/mol. The zero-order valence-corrected chi connectivity index (χ0v) is 16.8. The van der Waals surface area contributed by atoms with Crippen molar-refractivity contribution in [2.24, 2.45) is 0 Å². The van der Waals surface area contributed by atoms with Gasteiger partial charge in [0.05, 0.1) is 23.2 Å². The lowest BCUT2D eigenvalue weighted by atomic mass is 10.1. The quantitative estimate of drug-likeness (QED) is 0.497. The molecule has 2 atom stereocenters. The van der Waals surface area contributed by atoms with Crippen molar-refractivity contribution in [2.45, 2.75) is 30.9 Å². The summed E-state index contributed by atoms with van der Waals surface area (Å²) in [7, 11) is 3.78. The molecule has 1 aliphatic rings. The van der Waals surface area contributed by atoms with E-state index in [0.717, 1.165) is 11.1 Å². The molecule has 2 aromatic rings. The molecule has 0 fully saturated rings. The highest BCUT2D eigenvalue weighted by atomic mass is 32.1. The van der Waals surface area contributed by atoms with Gasteiger partial charge in [-0.1, -0.05) is 24.3 Å². The van der Waals surface area contributed by atoms with E-state index in [1.807, 2.05) is 43.3 Å². The molecule has 3 nitrogen and oxygen atoms in total. The van der Waals surface area contributed by atoms with E-state index in [0.29, 0.717) is 18.6 Å². The van der Waals surface area contributed by atoms with Crippen LogP contribution in [0.25, 0.3) is 0 Å². The molecule has 10 heteroatoms. The van der Waals surface area contributed by atoms with Gasteiger partial charge in [0, 0.05) is 5.69 Å². The number of anilines is 1. The Kier molecular flexibility index (Phi) is 6.01. The van der Waals surface area contributed by atoms with Crippen molar-refractivity contribution in [1.82, 2.24) is 10.2 Å². The van der Waals surface area contributed by atoms with Crippen LogP contribution in [-0.4, -0.2) is 30.1 Å². The third-order valence-corrected chi connectivity index (χ3v) is 5.13. The predicted molar refractivity (Wildman–Crippen MR) is 106 cm³/mol. The van der Waals surface area contributed by atoms with Gasteiger partial charge in [-0.25, -0.2) is 0 Å². The summed E-state index contributed by atoms with van der Waals surface area (Å²) >= 11 is 5.19. The number of alkyl halides is 6. The molecule has 1 aliphatic carbocycles. The lowest BCUT2D eigenvalue weighted by Crippen LogP contribution is -2.44. The molecule has 0 bridgehead atoms. The van der Waals surface area contributed by atoms with E-state index in [9.17, 15) is 26.3 Å². The molecule has 0 aromatic heterocycles. The van der Waals surface area contributed by atoms with E-state index >= 15 is 0 Å². The Labute approximate surface area is 175 Å². The van der Waals surface area contributed by atoms with E-state index in [1.165, 1.54) is 0 Å². The van der Waals surface area contributed by atoms with Crippen LogP contribution in [0, 0.1) is 0 Å². The number of hydrogen-bond donors (Lipinski definition) is 2. The van der Waals surface area contributed by atoms with Crippen molar-refractivity contribution in [3.05, 3.63) is 64.7 Å². The fourth-order valence-corrected chi connectivity index (χ4v) is 3.97. The normalized spacial score (nSPS) is 19.0. The minimum absolute atomic E-state index is 0.0480. The summed E-state index contributed by atoms with van der Waals surface area (Å²) in [5.41, 5.74) is -0.980. The summed E-state index contributed by atoms with van der Waals surface area (Å²) in [5.74, 6) is 0. The van der Waals surface area contributed by atoms with Gasteiger partial charge in [0.25, 0.3) is 0 Å². The van der Waals surface area contributed by atoms with Crippen LogP contribution in [0.1, 0.15) is 28.3 Å². The molecule has 0 radical (unpaired) electrons. The van der Waals surface area contributed by atoms with Gasteiger partial charge in [-0.3, -0.25) is 0 Å². The summed E-state index contributed by atoms with van der Waals surface area (Å²) in [6.45, 7) is 0. The van der Waals surface area contributed by atoms with Crippen LogP contribution in [0.4, 0.5) is 32.0 Å². The van der Waals surface area contributed by atoms with E-state index in [4.69, 9.17) is 12.2 Å². The molecule has 3 rings (SSSR count). The van der Waals surface area contributed by atoms with Crippen LogP contribution < -0.4 is 10.6 Å². The highest BCUT2D eigenvalue weighted by Gasteiger charge is 2.37. The third kappa shape index (κ3) is 4.86. The molecule has 2 aromatic carbocycles. The summed E-state index contributed by atoms with van der Waals surface area (Å²) < 4.78 is 78.3. The van der Waals surface area contributed by atoms with Crippen molar-refractivity contribution < 1.29 is 26.3 Å². The maximum absolute atomic E-state index is 13.0. The Morgan fingerprint density at radius 2 is 1.53 bits per heavy atom. The van der Waals surface area contributed by atoms with Crippen LogP contribution >= 0.6 is 12.2 Å². The summed E-state index contributed by atoms with van der Waals surface area (Å²) in [6.07, 6.45) is -9.22. The molecule has 0 saturated carbocycles. The Balaban J connectivity index is 1.81. The fourth-order valence-electron chi connectivity index (χ4n) is 3.70. The minimum atomic E-state index is -4.92. The van der Waals surface area contributed by atoms with Gasteiger partial charge in [0.1, 0.15) is 0 Å². The van der Waals surface area contributed by atoms with Crippen LogP contribution in [0.5, 0.6) is 0 Å². The highest BCUT2D eigenvalue weighted by molar-refractivity contribution is 7.80. The zero-order valence-electron chi connectivity index (χ0n) is 16.0. The van der Waals surface area contributed by atoms with Crippen molar-refractivity contribution in [3.8, 4) is 0 Å². The molecular formula is C20H19F6N3S. The first-order chi connectivity index (χ1) is 13.9. The van der Waals surface area contributed by atoms with Crippen LogP contribution in [-0.2, 0) is 18.8 Å². The molecule has 0 aliphatic heterocycles. The van der Waals surface area contributed by atoms with E-state index in [1.54, 1.807) is 0 Å². The number of nitrogens with zero attached hydrogens (tertiary/aromatic N) is 1. The fraction of sp³-hybridized carbons (Fsp3) is 0.350. The number of benzene rings is 2. The molecule has 0 unspecified atom stereocenters. The molecule has 2 N–H and O–H groups in total. The largest absolute Gasteiger partial charge is 0.416 e. The number of thiocarbonyl (C=S) groups is 1. The van der Waals surface area contributed by atoms with Crippen LogP contribution in [0.15, 0.2) is 42.5 Å². The molecule has 30 heavy (non-hydrogen) atoms. The zero-order chi connectivity index (χ0) is 22.3. The first kappa shape index (κ1) is 22.4. The van der Waals surface area contributed by atoms with Crippen molar-refractivity contribution >= 4 is 23.0 Å². The second kappa shape index (κ2) is 8.07. The van der Waals surface area contributed by atoms with E-state index < -0.39 is 23.5 Å². The Morgan fingerprint density at radius 3 is 2.07 bits per heavy atom. The molecule has 0 amide bonds. The van der Waals surface area contributed by atoms with E-state index in [2.05, 4.69) is 10.6 Å². The van der Waals surface area contributed by atoms with Gasteiger partial charge >= 0.3 is 12.4 Å². The summed E-state index contributed by atoms with van der Waals surface area (Å²) in [5, 5.41) is 5.47. The summed E-state index contributed by atoms with van der Waals surface area (Å²) in [4.78, 5) is 1.98. The lowest BCUT2D eigenvalue weighted by molar-refractivity contribution is -0.143. The molecule has 0 spiro atoms. The third-order valence-electron chi connectivity index (χ3n) is 4.91. The number of likely N-dealkylation sites (N-methyl/N-ethyl adjacent to an activating group) is 1. The predicted octanol–water partition coefficient (Wildman–Crippen LogP) is 5.24. The monoisotopic (exact) mass is 447 g/mol. The number of fused-ring (bicyclic) bond motifs is 1. The Morgan fingerprint density at radius 1 is 0.967 bits per heavy atom. The van der Waals surface area contributed by atoms with Crippen molar-refractivity contribution in [2.75, 3.05) is 19.4 Å². The highest BCUT2D eigenvalue weighted by Crippen LogP contribution is 2.38. The summed E-state index contributed by atoms with van der Waals surface area (Å²) in [6, 6.07) is 8.84. The van der Waals surface area contributed by atoms with Gasteiger partial charge in [-0.2, -0.15) is 26.3 Å². The smallest absolute Gasteiger partial charge is 0.357 e. The number of hydrogen-bond acceptors (Lipinski definition) is 2. The molecule has 0 heterocycles. The number of halogens is 6. The van der Waals surface area contributed by atoms with Crippen LogP contribution in [0.2, 0.25) is 0 Å². The van der Waals surface area contributed by atoms with Gasteiger partial charge in [0.15, 0.2) is 5.11 Å². The standard InChI is InChI=1S/C20H19F6N3S/c1-29(2)17-15-6-4-3-5-11(15)7-16(17)28-18(30)27-14-9-12(19(21,22)23)8-13(10-14)20(24,25)26/h3-6,8-10,16-17H,7H2,1-2H3,(H2,27,28,30)/t16-,17-/m1/s1. The van der Waals surface area contributed by atoms with Gasteiger partial charge in [-0.15, -0.1) is 0 Å². The Hall–Kier alpha value is -2.33. The van der Waals surface area contributed by atoms with Gasteiger partial charge in [-0.05, 0) is 62.1 Å². The topological polar surface area (TPSA) is 27.3 Å². The van der Waals surface area contributed by atoms with Crippen LogP contribution in [0.3, 0.4) is 0 Å². The van der Waals surface area contributed by atoms with Gasteiger partial charge < -0.3 is 15.5 Å². The maximum Gasteiger partial charge on any atom is 0.416 e. The average Bonchev–Trinajstić information content (AvgIpc) is 2.97. The first-order valence-corrected chi connectivity index (χ1v) is 9.38. The minimum Gasteiger partial charge on any atom is -0.357 e. The number of rotatable bonds is 3. The Bertz CT molecular complexity index is 907. The maximum atomic E-state index is 13.0. The number of nitrogens with one attached hydrogen (secondary N) is 2. The van der Waals surface area contributed by atoms with E-state index in [-0.39, 0.29) is 28.9 Å².